The molecule has 3 nitrogen and oxygen atoms in total. The van der Waals surface area contributed by atoms with Crippen LogP contribution in [0.2, 0.25) is 0 Å². The summed E-state index contributed by atoms with van der Waals surface area (Å²) in [5, 5.41) is 2.95. The molecule has 1 heterocycles. The number of carbonyl (C=O) groups excluding carboxylic acids is 1. The monoisotopic (exact) mass is 298 g/mol. The van der Waals surface area contributed by atoms with E-state index in [4.69, 9.17) is 0 Å². The number of rotatable bonds is 6. The van der Waals surface area contributed by atoms with E-state index in [9.17, 15) is 4.79 Å². The molecule has 118 valence electrons. The first kappa shape index (κ1) is 16.5. The van der Waals surface area contributed by atoms with E-state index in [1.54, 1.807) is 6.92 Å². The molecule has 0 radical (unpaired) electrons. The lowest BCUT2D eigenvalue weighted by atomic mass is 10.0. The highest BCUT2D eigenvalue weighted by atomic mass is 16.1. The van der Waals surface area contributed by atoms with Crippen molar-refractivity contribution in [2.45, 2.75) is 32.7 Å². The third-order valence-electron chi connectivity index (χ3n) is 3.88. The third-order valence-corrected chi connectivity index (χ3v) is 3.88. The molecule has 1 amide bonds. The SMILES string of the molecule is CC(=O)N[C@@H](C)CC1=CCN(C/C=C/c2ccccc2)CC1. The van der Waals surface area contributed by atoms with Gasteiger partial charge in [0, 0.05) is 32.6 Å². The molecule has 1 atom stereocenters. The molecule has 2 rings (SSSR count). The summed E-state index contributed by atoms with van der Waals surface area (Å²) in [6.45, 7) is 6.72. The quantitative estimate of drug-likeness (QED) is 0.818. The molecule has 3 heteroatoms. The molecule has 0 aliphatic carbocycles. The third kappa shape index (κ3) is 5.86. The number of amides is 1. The van der Waals surface area contributed by atoms with E-state index >= 15 is 0 Å². The Morgan fingerprint density at radius 1 is 1.36 bits per heavy atom. The van der Waals surface area contributed by atoms with Gasteiger partial charge in [-0.3, -0.25) is 9.69 Å². The first-order valence-corrected chi connectivity index (χ1v) is 8.02. The lowest BCUT2D eigenvalue weighted by Gasteiger charge is -2.26. The molecule has 0 saturated heterocycles. The molecule has 0 fully saturated rings. The van der Waals surface area contributed by atoms with Crippen molar-refractivity contribution >= 4 is 12.0 Å². The van der Waals surface area contributed by atoms with Crippen LogP contribution in [-0.4, -0.2) is 36.5 Å². The van der Waals surface area contributed by atoms with Crippen molar-refractivity contribution in [3.05, 3.63) is 53.6 Å². The highest BCUT2D eigenvalue weighted by Crippen LogP contribution is 2.16. The normalized spacial score (nSPS) is 17.3. The van der Waals surface area contributed by atoms with Gasteiger partial charge in [-0.2, -0.15) is 0 Å². The maximum Gasteiger partial charge on any atom is 0.217 e. The average molecular weight is 298 g/mol. The molecular formula is C19H26N2O. The van der Waals surface area contributed by atoms with E-state index in [1.165, 1.54) is 11.1 Å². The molecule has 0 spiro atoms. The van der Waals surface area contributed by atoms with Gasteiger partial charge in [0.1, 0.15) is 0 Å². The topological polar surface area (TPSA) is 32.3 Å². The van der Waals surface area contributed by atoms with Crippen molar-refractivity contribution < 1.29 is 4.79 Å². The molecule has 1 N–H and O–H groups in total. The van der Waals surface area contributed by atoms with Gasteiger partial charge in [-0.1, -0.05) is 54.1 Å². The van der Waals surface area contributed by atoms with Gasteiger partial charge in [0.2, 0.25) is 5.91 Å². The van der Waals surface area contributed by atoms with Crippen molar-refractivity contribution in [1.29, 1.82) is 0 Å². The largest absolute Gasteiger partial charge is 0.354 e. The molecular weight excluding hydrogens is 272 g/mol. The van der Waals surface area contributed by atoms with E-state index in [1.807, 2.05) is 6.07 Å². The number of carbonyl (C=O) groups is 1. The van der Waals surface area contributed by atoms with Crippen LogP contribution in [0.1, 0.15) is 32.3 Å². The molecule has 0 saturated carbocycles. The summed E-state index contributed by atoms with van der Waals surface area (Å²) in [6, 6.07) is 10.6. The number of benzene rings is 1. The number of nitrogens with one attached hydrogen (secondary N) is 1. The van der Waals surface area contributed by atoms with Crippen molar-refractivity contribution in [1.82, 2.24) is 10.2 Å². The van der Waals surface area contributed by atoms with Gasteiger partial charge in [0.05, 0.1) is 0 Å². The molecule has 22 heavy (non-hydrogen) atoms. The van der Waals surface area contributed by atoms with Crippen LogP contribution in [0.4, 0.5) is 0 Å². The van der Waals surface area contributed by atoms with Gasteiger partial charge in [-0.05, 0) is 25.3 Å². The Bertz CT molecular complexity index is 534. The van der Waals surface area contributed by atoms with Crippen molar-refractivity contribution in [2.75, 3.05) is 19.6 Å². The Labute approximate surface area is 133 Å². The summed E-state index contributed by atoms with van der Waals surface area (Å²) in [5.41, 5.74) is 2.71. The van der Waals surface area contributed by atoms with E-state index < -0.39 is 0 Å². The second kappa shape index (κ2) is 8.54. The standard InChI is InChI=1S/C19H26N2O/c1-16(20-17(2)22)15-19-10-13-21(14-11-19)12-6-9-18-7-4-3-5-8-18/h3-10,16H,11-15H2,1-2H3,(H,20,22)/b9-6+/t16-/m0/s1. The second-order valence-electron chi connectivity index (χ2n) is 5.99. The first-order chi connectivity index (χ1) is 10.6. The van der Waals surface area contributed by atoms with Crippen LogP contribution in [0.5, 0.6) is 0 Å². The van der Waals surface area contributed by atoms with Crippen molar-refractivity contribution in [2.24, 2.45) is 0 Å². The van der Waals surface area contributed by atoms with Gasteiger partial charge in [0.15, 0.2) is 0 Å². The Kier molecular flexibility index (Phi) is 6.41. The predicted molar refractivity (Wildman–Crippen MR) is 92.5 cm³/mol. The molecule has 1 aromatic carbocycles. The Balaban J connectivity index is 1.74. The van der Waals surface area contributed by atoms with Gasteiger partial charge in [-0.25, -0.2) is 0 Å². The summed E-state index contributed by atoms with van der Waals surface area (Å²) in [7, 11) is 0. The van der Waals surface area contributed by atoms with Crippen LogP contribution < -0.4 is 5.32 Å². The minimum Gasteiger partial charge on any atom is -0.354 e. The summed E-state index contributed by atoms with van der Waals surface area (Å²) in [5.74, 6) is 0.0524. The molecule has 1 aromatic rings. The lowest BCUT2D eigenvalue weighted by Crippen LogP contribution is -2.33. The van der Waals surface area contributed by atoms with Crippen LogP contribution in [0.25, 0.3) is 6.08 Å². The minimum absolute atomic E-state index is 0.0524. The Hall–Kier alpha value is -1.87. The fourth-order valence-corrected chi connectivity index (χ4v) is 2.80. The van der Waals surface area contributed by atoms with Gasteiger partial charge < -0.3 is 5.32 Å². The van der Waals surface area contributed by atoms with Gasteiger partial charge >= 0.3 is 0 Å². The first-order valence-electron chi connectivity index (χ1n) is 8.02. The Morgan fingerprint density at radius 2 is 2.14 bits per heavy atom. The molecule has 0 bridgehead atoms. The summed E-state index contributed by atoms with van der Waals surface area (Å²) >= 11 is 0. The highest BCUT2D eigenvalue weighted by Gasteiger charge is 2.13. The lowest BCUT2D eigenvalue weighted by molar-refractivity contribution is -0.119. The van der Waals surface area contributed by atoms with Crippen LogP contribution in [0.3, 0.4) is 0 Å². The van der Waals surface area contributed by atoms with Gasteiger partial charge in [-0.15, -0.1) is 0 Å². The Morgan fingerprint density at radius 3 is 2.77 bits per heavy atom. The molecule has 1 aliphatic rings. The van der Waals surface area contributed by atoms with E-state index in [0.717, 1.165) is 32.5 Å². The fourth-order valence-electron chi connectivity index (χ4n) is 2.80. The zero-order valence-electron chi connectivity index (χ0n) is 13.6. The smallest absolute Gasteiger partial charge is 0.217 e. The zero-order valence-corrected chi connectivity index (χ0v) is 13.6. The zero-order chi connectivity index (χ0) is 15.8. The molecule has 1 aliphatic heterocycles. The maximum absolute atomic E-state index is 11.0. The van der Waals surface area contributed by atoms with Crippen LogP contribution >= 0.6 is 0 Å². The van der Waals surface area contributed by atoms with Crippen molar-refractivity contribution in [3.63, 3.8) is 0 Å². The van der Waals surface area contributed by atoms with Gasteiger partial charge in [0.25, 0.3) is 0 Å². The van der Waals surface area contributed by atoms with E-state index in [2.05, 4.69) is 59.6 Å². The number of nitrogens with zero attached hydrogens (tertiary/aromatic N) is 1. The highest BCUT2D eigenvalue weighted by molar-refractivity contribution is 5.73. The van der Waals surface area contributed by atoms with Crippen LogP contribution in [0, 0.1) is 0 Å². The maximum atomic E-state index is 11.0. The van der Waals surface area contributed by atoms with Crippen LogP contribution in [-0.2, 0) is 4.79 Å². The molecule has 0 aromatic heterocycles. The number of hydrogen-bond acceptors (Lipinski definition) is 2. The average Bonchev–Trinajstić information content (AvgIpc) is 2.49. The van der Waals surface area contributed by atoms with E-state index in [0.29, 0.717) is 0 Å². The molecule has 0 unspecified atom stereocenters. The van der Waals surface area contributed by atoms with Crippen molar-refractivity contribution in [3.8, 4) is 0 Å². The summed E-state index contributed by atoms with van der Waals surface area (Å²) < 4.78 is 0. The fraction of sp³-hybridized carbons (Fsp3) is 0.421. The van der Waals surface area contributed by atoms with E-state index in [-0.39, 0.29) is 11.9 Å². The number of hydrogen-bond donors (Lipinski definition) is 1. The minimum atomic E-state index is 0.0524. The second-order valence-corrected chi connectivity index (χ2v) is 5.99. The van der Waals surface area contributed by atoms with Crippen LogP contribution in [0.15, 0.2) is 48.1 Å². The summed E-state index contributed by atoms with van der Waals surface area (Å²) in [6.07, 6.45) is 8.79. The predicted octanol–water partition coefficient (Wildman–Crippen LogP) is 3.25. The summed E-state index contributed by atoms with van der Waals surface area (Å²) in [4.78, 5) is 13.5.